The average Bonchev–Trinajstić information content (AvgIpc) is 2.46. The normalized spacial score (nSPS) is 10.7. The van der Waals surface area contributed by atoms with Crippen molar-refractivity contribution in [1.82, 2.24) is 4.98 Å². The van der Waals surface area contributed by atoms with Gasteiger partial charge in [-0.1, -0.05) is 38.1 Å². The number of aromatic nitrogens is 1. The van der Waals surface area contributed by atoms with Crippen LogP contribution in [0.5, 0.6) is 0 Å². The van der Waals surface area contributed by atoms with Crippen molar-refractivity contribution in [2.45, 2.75) is 20.8 Å². The molecular formula is C17H20N2O. The number of aryl methyl sites for hydroxylation is 1. The van der Waals surface area contributed by atoms with Crippen LogP contribution in [0.1, 0.15) is 19.4 Å². The summed E-state index contributed by atoms with van der Waals surface area (Å²) in [5, 5.41) is 0. The van der Waals surface area contributed by atoms with Crippen molar-refractivity contribution in [1.29, 1.82) is 0 Å². The number of hydrogen-bond donors (Lipinski definition) is 0. The van der Waals surface area contributed by atoms with Gasteiger partial charge in [-0.2, -0.15) is 0 Å². The zero-order chi connectivity index (χ0) is 14.7. The first kappa shape index (κ1) is 14.3. The molecule has 3 nitrogen and oxygen atoms in total. The van der Waals surface area contributed by atoms with E-state index in [0.29, 0.717) is 0 Å². The molecule has 0 spiro atoms. The van der Waals surface area contributed by atoms with Crippen LogP contribution >= 0.6 is 0 Å². The Hall–Kier alpha value is -2.16. The molecule has 0 saturated heterocycles. The Labute approximate surface area is 120 Å². The minimum absolute atomic E-state index is 0.0371. The molecule has 0 aliphatic carbocycles. The Kier molecular flexibility index (Phi) is 4.18. The molecule has 2 aromatic rings. The summed E-state index contributed by atoms with van der Waals surface area (Å²) in [7, 11) is 1.81. The fourth-order valence-corrected chi connectivity index (χ4v) is 2.26. The minimum Gasteiger partial charge on any atom is -0.313 e. The molecule has 2 rings (SSSR count). The number of amides is 1. The lowest BCUT2D eigenvalue weighted by molar-refractivity contribution is -0.121. The van der Waals surface area contributed by atoms with Gasteiger partial charge >= 0.3 is 0 Å². The molecule has 0 aliphatic rings. The van der Waals surface area contributed by atoms with Gasteiger partial charge in [0.2, 0.25) is 5.91 Å². The fraction of sp³-hybridized carbons (Fsp3) is 0.294. The second-order valence-corrected chi connectivity index (χ2v) is 5.26. The van der Waals surface area contributed by atoms with E-state index in [1.807, 2.05) is 32.0 Å². The summed E-state index contributed by atoms with van der Waals surface area (Å²) in [5.74, 6) is 0.0535. The molecule has 1 aromatic carbocycles. The van der Waals surface area contributed by atoms with E-state index in [-0.39, 0.29) is 11.8 Å². The molecule has 1 heterocycles. The molecule has 0 saturated carbocycles. The monoisotopic (exact) mass is 268 g/mol. The Morgan fingerprint density at radius 3 is 2.50 bits per heavy atom. The SMILES string of the molecule is Cc1ccccc1-c1ccncc1N(C)C(=O)C(C)C. The quantitative estimate of drug-likeness (QED) is 0.850. The summed E-state index contributed by atoms with van der Waals surface area (Å²) in [5.41, 5.74) is 4.20. The van der Waals surface area contributed by atoms with Gasteiger partial charge in [0.05, 0.1) is 11.9 Å². The van der Waals surface area contributed by atoms with Gasteiger partial charge in [-0.3, -0.25) is 9.78 Å². The summed E-state index contributed by atoms with van der Waals surface area (Å²) in [6, 6.07) is 10.1. The lowest BCUT2D eigenvalue weighted by Crippen LogP contribution is -2.30. The van der Waals surface area contributed by atoms with Crippen LogP contribution in [0.3, 0.4) is 0 Å². The van der Waals surface area contributed by atoms with Crippen LogP contribution in [0.15, 0.2) is 42.7 Å². The van der Waals surface area contributed by atoms with Crippen molar-refractivity contribution >= 4 is 11.6 Å². The summed E-state index contributed by atoms with van der Waals surface area (Å²) in [6.07, 6.45) is 3.51. The van der Waals surface area contributed by atoms with Crippen LogP contribution in [0.4, 0.5) is 5.69 Å². The van der Waals surface area contributed by atoms with Crippen molar-refractivity contribution in [2.75, 3.05) is 11.9 Å². The molecular weight excluding hydrogens is 248 g/mol. The van der Waals surface area contributed by atoms with Gasteiger partial charge < -0.3 is 4.90 Å². The molecule has 3 heteroatoms. The Morgan fingerprint density at radius 1 is 1.15 bits per heavy atom. The molecule has 1 aromatic heterocycles. The summed E-state index contributed by atoms with van der Waals surface area (Å²) in [4.78, 5) is 18.1. The van der Waals surface area contributed by atoms with Crippen LogP contribution in [-0.2, 0) is 4.79 Å². The highest BCUT2D eigenvalue weighted by molar-refractivity contribution is 5.98. The molecule has 0 aliphatic heterocycles. The highest BCUT2D eigenvalue weighted by atomic mass is 16.2. The molecule has 0 atom stereocenters. The van der Waals surface area contributed by atoms with Gasteiger partial charge in [0.15, 0.2) is 0 Å². The number of hydrogen-bond acceptors (Lipinski definition) is 2. The predicted molar refractivity (Wildman–Crippen MR) is 82.7 cm³/mol. The zero-order valence-electron chi connectivity index (χ0n) is 12.4. The zero-order valence-corrected chi connectivity index (χ0v) is 12.4. The highest BCUT2D eigenvalue weighted by Crippen LogP contribution is 2.32. The maximum atomic E-state index is 12.2. The fourth-order valence-electron chi connectivity index (χ4n) is 2.26. The van der Waals surface area contributed by atoms with Gasteiger partial charge in [0, 0.05) is 24.7 Å². The number of pyridine rings is 1. The third-order valence-corrected chi connectivity index (χ3v) is 3.42. The summed E-state index contributed by atoms with van der Waals surface area (Å²) in [6.45, 7) is 5.88. The summed E-state index contributed by atoms with van der Waals surface area (Å²) >= 11 is 0. The van der Waals surface area contributed by atoms with E-state index in [0.717, 1.165) is 16.8 Å². The highest BCUT2D eigenvalue weighted by Gasteiger charge is 2.18. The van der Waals surface area contributed by atoms with Crippen molar-refractivity contribution in [3.63, 3.8) is 0 Å². The van der Waals surface area contributed by atoms with E-state index in [2.05, 4.69) is 24.0 Å². The standard InChI is InChI=1S/C17H20N2O/c1-12(2)17(20)19(4)16-11-18-10-9-15(16)14-8-6-5-7-13(14)3/h5-12H,1-4H3. The van der Waals surface area contributed by atoms with Crippen molar-refractivity contribution in [2.24, 2.45) is 5.92 Å². The van der Waals surface area contributed by atoms with E-state index < -0.39 is 0 Å². The van der Waals surface area contributed by atoms with Gasteiger partial charge in [0.25, 0.3) is 0 Å². The van der Waals surface area contributed by atoms with E-state index in [9.17, 15) is 4.79 Å². The average molecular weight is 268 g/mol. The number of rotatable bonds is 3. The Morgan fingerprint density at radius 2 is 1.85 bits per heavy atom. The van der Waals surface area contributed by atoms with Gasteiger partial charge in [0.1, 0.15) is 0 Å². The van der Waals surface area contributed by atoms with Crippen LogP contribution in [0.25, 0.3) is 11.1 Å². The van der Waals surface area contributed by atoms with Crippen molar-refractivity contribution in [3.05, 3.63) is 48.3 Å². The second-order valence-electron chi connectivity index (χ2n) is 5.26. The Bertz CT molecular complexity index is 620. The van der Waals surface area contributed by atoms with E-state index in [1.165, 1.54) is 5.56 Å². The molecule has 0 fully saturated rings. The topological polar surface area (TPSA) is 33.2 Å². The maximum Gasteiger partial charge on any atom is 0.229 e. The lowest BCUT2D eigenvalue weighted by Gasteiger charge is -2.22. The molecule has 0 unspecified atom stereocenters. The van der Waals surface area contributed by atoms with E-state index >= 15 is 0 Å². The molecule has 1 amide bonds. The lowest BCUT2D eigenvalue weighted by atomic mass is 9.99. The molecule has 0 radical (unpaired) electrons. The largest absolute Gasteiger partial charge is 0.313 e. The first-order valence-corrected chi connectivity index (χ1v) is 6.80. The number of carbonyl (C=O) groups is 1. The molecule has 104 valence electrons. The van der Waals surface area contributed by atoms with E-state index in [1.54, 1.807) is 24.3 Å². The van der Waals surface area contributed by atoms with Gasteiger partial charge in [-0.05, 0) is 24.1 Å². The molecule has 0 N–H and O–H groups in total. The van der Waals surface area contributed by atoms with Crippen molar-refractivity contribution in [3.8, 4) is 11.1 Å². The molecule has 20 heavy (non-hydrogen) atoms. The van der Waals surface area contributed by atoms with Crippen LogP contribution in [0, 0.1) is 12.8 Å². The number of nitrogens with zero attached hydrogens (tertiary/aromatic N) is 2. The van der Waals surface area contributed by atoms with Crippen LogP contribution in [-0.4, -0.2) is 17.9 Å². The Balaban J connectivity index is 2.52. The van der Waals surface area contributed by atoms with Gasteiger partial charge in [-0.15, -0.1) is 0 Å². The predicted octanol–water partition coefficient (Wildman–Crippen LogP) is 3.68. The second kappa shape index (κ2) is 5.87. The van der Waals surface area contributed by atoms with Crippen molar-refractivity contribution < 1.29 is 4.79 Å². The van der Waals surface area contributed by atoms with Crippen LogP contribution in [0.2, 0.25) is 0 Å². The van der Waals surface area contributed by atoms with E-state index in [4.69, 9.17) is 0 Å². The third kappa shape index (κ3) is 2.72. The molecule has 0 bridgehead atoms. The smallest absolute Gasteiger partial charge is 0.229 e. The maximum absolute atomic E-state index is 12.2. The third-order valence-electron chi connectivity index (χ3n) is 3.42. The number of anilines is 1. The van der Waals surface area contributed by atoms with Crippen LogP contribution < -0.4 is 4.90 Å². The van der Waals surface area contributed by atoms with Gasteiger partial charge in [-0.25, -0.2) is 0 Å². The first-order chi connectivity index (χ1) is 9.52. The number of benzene rings is 1. The summed E-state index contributed by atoms with van der Waals surface area (Å²) < 4.78 is 0. The minimum atomic E-state index is -0.0371. The first-order valence-electron chi connectivity index (χ1n) is 6.80. The number of carbonyl (C=O) groups excluding carboxylic acids is 1.